The van der Waals surface area contributed by atoms with Gasteiger partial charge in [0, 0.05) is 67.0 Å². The highest BCUT2D eigenvalue weighted by molar-refractivity contribution is 6.04. The molecule has 242 valence electrons. The summed E-state index contributed by atoms with van der Waals surface area (Å²) in [6, 6.07) is 3.86. The molecule has 1 aromatic carbocycles. The molecule has 45 heavy (non-hydrogen) atoms. The van der Waals surface area contributed by atoms with Gasteiger partial charge in [-0.3, -0.25) is 9.69 Å². The lowest BCUT2D eigenvalue weighted by molar-refractivity contribution is -0.160. The zero-order valence-electron chi connectivity index (χ0n) is 27.3. The number of amides is 1. The van der Waals surface area contributed by atoms with Crippen molar-refractivity contribution in [2.75, 3.05) is 32.8 Å². The summed E-state index contributed by atoms with van der Waals surface area (Å²) in [5, 5.41) is 11.1. The van der Waals surface area contributed by atoms with Crippen LogP contribution in [0, 0.1) is 19.7 Å². The van der Waals surface area contributed by atoms with Gasteiger partial charge in [0.1, 0.15) is 11.3 Å². The Labute approximate surface area is 264 Å². The second-order valence-corrected chi connectivity index (χ2v) is 13.8. The third kappa shape index (κ3) is 5.83. The van der Waals surface area contributed by atoms with E-state index in [0.717, 1.165) is 30.6 Å². The van der Waals surface area contributed by atoms with Crippen LogP contribution in [0.2, 0.25) is 0 Å². The van der Waals surface area contributed by atoms with Gasteiger partial charge in [-0.05, 0) is 83.6 Å². The van der Waals surface area contributed by atoms with Gasteiger partial charge >= 0.3 is 5.97 Å². The lowest BCUT2D eigenvalue weighted by atomic mass is 9.86. The number of carboxylic acid groups (broad SMARTS) is 1. The van der Waals surface area contributed by atoms with Crippen molar-refractivity contribution in [1.82, 2.24) is 19.4 Å². The normalized spacial score (nSPS) is 18.7. The maximum atomic E-state index is 15.7. The molecule has 2 aromatic heterocycles. The van der Waals surface area contributed by atoms with Crippen molar-refractivity contribution in [2.45, 2.75) is 90.9 Å². The quantitative estimate of drug-likeness (QED) is 0.363. The Morgan fingerprint density at radius 3 is 2.42 bits per heavy atom. The van der Waals surface area contributed by atoms with Crippen molar-refractivity contribution in [1.29, 1.82) is 0 Å². The summed E-state index contributed by atoms with van der Waals surface area (Å²) in [7, 11) is 1.81. The predicted octanol–water partition coefficient (Wildman–Crippen LogP) is 5.96. The third-order valence-corrected chi connectivity index (χ3v) is 9.73. The Morgan fingerprint density at radius 1 is 1.09 bits per heavy atom. The van der Waals surface area contributed by atoms with Crippen LogP contribution in [0.1, 0.15) is 91.9 Å². The van der Waals surface area contributed by atoms with E-state index in [1.165, 1.54) is 31.7 Å². The van der Waals surface area contributed by atoms with Crippen LogP contribution in [0.4, 0.5) is 4.39 Å². The number of carboxylic acids is 1. The van der Waals surface area contributed by atoms with Crippen molar-refractivity contribution < 1.29 is 28.6 Å². The Bertz CT molecular complexity index is 1640. The second-order valence-electron chi connectivity index (χ2n) is 13.8. The number of carbonyl (C=O) groups excluding carboxylic acids is 1. The molecule has 1 N–H and O–H groups in total. The van der Waals surface area contributed by atoms with E-state index in [2.05, 4.69) is 4.90 Å². The Morgan fingerprint density at radius 2 is 1.78 bits per heavy atom. The van der Waals surface area contributed by atoms with Gasteiger partial charge in [-0.25, -0.2) is 14.2 Å². The molecule has 0 bridgehead atoms. The van der Waals surface area contributed by atoms with Crippen molar-refractivity contribution in [3.63, 3.8) is 0 Å². The highest BCUT2D eigenvalue weighted by Crippen LogP contribution is 2.45. The highest BCUT2D eigenvalue weighted by atomic mass is 19.1. The van der Waals surface area contributed by atoms with E-state index in [1.54, 1.807) is 38.3 Å². The van der Waals surface area contributed by atoms with Gasteiger partial charge in [-0.1, -0.05) is 12.8 Å². The molecule has 1 amide bonds. The van der Waals surface area contributed by atoms with Gasteiger partial charge in [0.2, 0.25) is 0 Å². The summed E-state index contributed by atoms with van der Waals surface area (Å²) >= 11 is 0. The van der Waals surface area contributed by atoms with Crippen molar-refractivity contribution in [3.8, 4) is 16.9 Å². The summed E-state index contributed by atoms with van der Waals surface area (Å²) in [5.41, 5.74) is 3.71. The number of hydrogen-bond acceptors (Lipinski definition) is 6. The largest absolute Gasteiger partial charge is 0.490 e. The summed E-state index contributed by atoms with van der Waals surface area (Å²) < 4.78 is 29.4. The Hall–Kier alpha value is -3.50. The Kier molecular flexibility index (Phi) is 8.41. The molecule has 3 aliphatic rings. The lowest BCUT2D eigenvalue weighted by Crippen LogP contribution is -2.51. The zero-order valence-corrected chi connectivity index (χ0v) is 27.3. The smallest absolute Gasteiger partial charge is 0.337 e. The number of aliphatic carboxylic acids is 1. The fourth-order valence-corrected chi connectivity index (χ4v) is 7.50. The lowest BCUT2D eigenvalue weighted by Gasteiger charge is -2.38. The summed E-state index contributed by atoms with van der Waals surface area (Å²) in [6.07, 6.45) is 5.07. The molecule has 0 spiro atoms. The van der Waals surface area contributed by atoms with E-state index in [0.29, 0.717) is 71.3 Å². The van der Waals surface area contributed by atoms with Crippen LogP contribution in [0.3, 0.4) is 0 Å². The SMILES string of the molecule is Cc1nc2c(cc(C(=O)N3CCN(C4CCCC4)CC3)n2C)c(-c2cc(F)c3c(c2C)CCCO3)c1C(OC(C)(C)C)C(=O)O. The van der Waals surface area contributed by atoms with Crippen molar-refractivity contribution in [3.05, 3.63) is 46.0 Å². The molecule has 6 rings (SSSR count). The van der Waals surface area contributed by atoms with Crippen molar-refractivity contribution in [2.24, 2.45) is 7.05 Å². The van der Waals surface area contributed by atoms with Gasteiger partial charge in [0.25, 0.3) is 5.91 Å². The molecule has 1 aliphatic carbocycles. The van der Waals surface area contributed by atoms with Crippen LogP contribution in [-0.4, -0.2) is 80.8 Å². The minimum Gasteiger partial charge on any atom is -0.490 e. The van der Waals surface area contributed by atoms with Gasteiger partial charge in [0.15, 0.2) is 17.7 Å². The fraction of sp³-hybridized carbons (Fsp3) is 0.571. The molecular weight excluding hydrogens is 575 g/mol. The minimum atomic E-state index is -1.37. The van der Waals surface area contributed by atoms with Gasteiger partial charge in [-0.15, -0.1) is 0 Å². The standard InChI is InChI=1S/C35H45FN4O5/c1-20-23-12-9-17-44-30(23)26(36)18-24(20)29-25-19-27(33(41)40-15-13-39(14-16-40)22-10-7-8-11-22)38(6)32(25)37-21(2)28(29)31(34(42)43)45-35(3,4)5/h18-19,22,31H,7-17H2,1-6H3,(H,42,43). The molecule has 10 heteroatoms. The molecule has 4 heterocycles. The van der Waals surface area contributed by atoms with Crippen molar-refractivity contribution >= 4 is 22.9 Å². The van der Waals surface area contributed by atoms with Gasteiger partial charge < -0.3 is 24.0 Å². The number of benzene rings is 1. The monoisotopic (exact) mass is 620 g/mol. The van der Waals surface area contributed by atoms with E-state index in [4.69, 9.17) is 14.5 Å². The van der Waals surface area contributed by atoms with Crippen LogP contribution in [0.15, 0.2) is 12.1 Å². The number of rotatable bonds is 6. The Balaban J connectivity index is 1.51. The van der Waals surface area contributed by atoms with E-state index in [-0.39, 0.29) is 11.7 Å². The summed E-state index contributed by atoms with van der Waals surface area (Å²) in [6.45, 7) is 12.5. The third-order valence-electron chi connectivity index (χ3n) is 9.73. The highest BCUT2D eigenvalue weighted by Gasteiger charge is 2.36. The number of hydrogen-bond donors (Lipinski definition) is 1. The molecule has 0 radical (unpaired) electrons. The molecule has 3 aromatic rings. The number of fused-ring (bicyclic) bond motifs is 2. The first kappa shape index (κ1) is 31.5. The number of piperazine rings is 1. The molecule has 9 nitrogen and oxygen atoms in total. The average Bonchev–Trinajstić information content (AvgIpc) is 3.65. The fourth-order valence-electron chi connectivity index (χ4n) is 7.50. The first-order valence-corrected chi connectivity index (χ1v) is 16.2. The van der Waals surface area contributed by atoms with Crippen LogP contribution in [0.25, 0.3) is 22.2 Å². The van der Waals surface area contributed by atoms with E-state index in [1.807, 2.05) is 18.9 Å². The van der Waals surface area contributed by atoms with Gasteiger partial charge in [0.05, 0.1) is 12.2 Å². The van der Waals surface area contributed by atoms with E-state index < -0.39 is 23.5 Å². The number of carbonyl (C=O) groups is 2. The number of ether oxygens (including phenoxy) is 2. The zero-order chi connectivity index (χ0) is 32.2. The number of aromatic nitrogens is 2. The maximum absolute atomic E-state index is 15.7. The van der Waals surface area contributed by atoms with E-state index >= 15 is 4.39 Å². The molecule has 1 saturated heterocycles. The van der Waals surface area contributed by atoms with Gasteiger partial charge in [-0.2, -0.15) is 0 Å². The average molecular weight is 621 g/mol. The molecular formula is C35H45FN4O5. The number of nitrogens with zero attached hydrogens (tertiary/aromatic N) is 4. The first-order valence-electron chi connectivity index (χ1n) is 16.2. The van der Waals surface area contributed by atoms with E-state index in [9.17, 15) is 14.7 Å². The van der Waals surface area contributed by atoms with Crippen LogP contribution >= 0.6 is 0 Å². The second kappa shape index (κ2) is 12.0. The minimum absolute atomic E-state index is 0.0887. The molecule has 1 atom stereocenters. The summed E-state index contributed by atoms with van der Waals surface area (Å²) in [5.74, 6) is -1.49. The summed E-state index contributed by atoms with van der Waals surface area (Å²) in [4.78, 5) is 36.2. The molecule has 2 fully saturated rings. The molecule has 2 aliphatic heterocycles. The maximum Gasteiger partial charge on any atom is 0.337 e. The van der Waals surface area contributed by atoms with Crippen LogP contribution < -0.4 is 4.74 Å². The molecule has 1 saturated carbocycles. The first-order chi connectivity index (χ1) is 21.4. The molecule has 1 unspecified atom stereocenters. The topological polar surface area (TPSA) is 97.1 Å². The number of pyridine rings is 1. The number of halogens is 1. The number of aryl methyl sites for hydroxylation is 2. The van der Waals surface area contributed by atoms with Crippen LogP contribution in [0.5, 0.6) is 5.75 Å². The van der Waals surface area contributed by atoms with Crippen LogP contribution in [-0.2, 0) is 23.0 Å². The predicted molar refractivity (Wildman–Crippen MR) is 170 cm³/mol.